The lowest BCUT2D eigenvalue weighted by molar-refractivity contribution is -0.127. The Hall–Kier alpha value is -4.45. The SMILES string of the molecule is C=CC(=O)N1Cc2cc(-c3nc(-c4cnn(C)c4)c4ccsc4c3-c3c(F)cc(F)cc3OCC(C)F)nn2C(C)C1. The maximum absolute atomic E-state index is 15.8. The van der Waals surface area contributed by atoms with Crippen molar-refractivity contribution in [3.63, 3.8) is 0 Å². The van der Waals surface area contributed by atoms with Gasteiger partial charge in [0.15, 0.2) is 0 Å². The molecule has 0 fully saturated rings. The second kappa shape index (κ2) is 10.8. The second-order valence-corrected chi connectivity index (χ2v) is 11.3. The first-order valence-electron chi connectivity index (χ1n) is 13.3. The Bertz CT molecular complexity index is 1840. The average molecular weight is 593 g/mol. The highest BCUT2D eigenvalue weighted by molar-refractivity contribution is 7.18. The summed E-state index contributed by atoms with van der Waals surface area (Å²) in [4.78, 5) is 19.1. The number of ether oxygens (including phenoxy) is 1. The molecule has 1 aliphatic rings. The topological polar surface area (TPSA) is 78.1 Å². The number of carbonyl (C=O) groups excluding carboxylic acids is 1. The van der Waals surface area contributed by atoms with Crippen molar-refractivity contribution < 1.29 is 22.7 Å². The summed E-state index contributed by atoms with van der Waals surface area (Å²) >= 11 is 1.37. The summed E-state index contributed by atoms with van der Waals surface area (Å²) in [5.74, 6) is -2.04. The molecule has 5 heterocycles. The average Bonchev–Trinajstić information content (AvgIpc) is 3.70. The number of hydrogen-bond donors (Lipinski definition) is 0. The first kappa shape index (κ1) is 27.7. The van der Waals surface area contributed by atoms with Crippen LogP contribution in [-0.2, 0) is 18.4 Å². The highest BCUT2D eigenvalue weighted by atomic mass is 32.1. The van der Waals surface area contributed by atoms with Gasteiger partial charge < -0.3 is 9.64 Å². The van der Waals surface area contributed by atoms with Crippen LogP contribution >= 0.6 is 11.3 Å². The Morgan fingerprint density at radius 3 is 2.79 bits per heavy atom. The Morgan fingerprint density at radius 2 is 2.07 bits per heavy atom. The van der Waals surface area contributed by atoms with Crippen molar-refractivity contribution in [2.45, 2.75) is 32.6 Å². The smallest absolute Gasteiger partial charge is 0.246 e. The van der Waals surface area contributed by atoms with Crippen molar-refractivity contribution in [3.8, 4) is 39.5 Å². The van der Waals surface area contributed by atoms with Gasteiger partial charge in [-0.1, -0.05) is 6.58 Å². The van der Waals surface area contributed by atoms with Crippen LogP contribution in [0.2, 0.25) is 0 Å². The van der Waals surface area contributed by atoms with E-state index in [0.717, 1.165) is 28.8 Å². The zero-order chi connectivity index (χ0) is 29.7. The van der Waals surface area contributed by atoms with Gasteiger partial charge in [0.2, 0.25) is 5.91 Å². The lowest BCUT2D eigenvalue weighted by Gasteiger charge is -2.31. The highest BCUT2D eigenvalue weighted by Crippen LogP contribution is 2.47. The van der Waals surface area contributed by atoms with Crippen molar-refractivity contribution in [2.24, 2.45) is 7.05 Å². The number of pyridine rings is 1. The van der Waals surface area contributed by atoms with Crippen molar-refractivity contribution in [1.29, 1.82) is 0 Å². The third-order valence-corrected chi connectivity index (χ3v) is 8.05. The number of thiophene rings is 1. The van der Waals surface area contributed by atoms with E-state index in [1.54, 1.807) is 22.8 Å². The molecule has 0 spiro atoms. The number of aromatic nitrogens is 5. The lowest BCUT2D eigenvalue weighted by Crippen LogP contribution is -2.39. The highest BCUT2D eigenvalue weighted by Gasteiger charge is 2.30. The molecule has 0 bridgehead atoms. The summed E-state index contributed by atoms with van der Waals surface area (Å²) in [6.45, 7) is 7.22. The molecule has 0 saturated carbocycles. The first-order valence-corrected chi connectivity index (χ1v) is 14.2. The Labute approximate surface area is 243 Å². The van der Waals surface area contributed by atoms with Crippen molar-refractivity contribution >= 4 is 27.3 Å². The molecular weight excluding hydrogens is 565 g/mol. The zero-order valence-electron chi connectivity index (χ0n) is 23.1. The van der Waals surface area contributed by atoms with E-state index in [0.29, 0.717) is 40.4 Å². The van der Waals surface area contributed by atoms with E-state index in [2.05, 4.69) is 11.7 Å². The van der Waals surface area contributed by atoms with Gasteiger partial charge in [-0.3, -0.25) is 14.2 Å². The summed E-state index contributed by atoms with van der Waals surface area (Å²) in [5.41, 5.74) is 3.22. The molecule has 0 aliphatic carbocycles. The van der Waals surface area contributed by atoms with Crippen molar-refractivity contribution in [2.75, 3.05) is 13.2 Å². The van der Waals surface area contributed by atoms with Crippen LogP contribution in [0.1, 0.15) is 25.6 Å². The van der Waals surface area contributed by atoms with Crippen LogP contribution < -0.4 is 4.74 Å². The summed E-state index contributed by atoms with van der Waals surface area (Å²) in [6, 6.07) is 5.39. The minimum absolute atomic E-state index is 0.0350. The second-order valence-electron chi connectivity index (χ2n) is 10.3. The Kier molecular flexibility index (Phi) is 7.09. The fourth-order valence-corrected chi connectivity index (χ4v) is 6.27. The third-order valence-electron chi connectivity index (χ3n) is 7.12. The molecule has 5 aromatic rings. The van der Waals surface area contributed by atoms with E-state index in [9.17, 15) is 13.6 Å². The van der Waals surface area contributed by atoms with Crippen LogP contribution in [0.25, 0.3) is 43.9 Å². The number of benzene rings is 1. The van der Waals surface area contributed by atoms with Crippen LogP contribution in [-0.4, -0.2) is 54.7 Å². The molecule has 42 heavy (non-hydrogen) atoms. The van der Waals surface area contributed by atoms with Gasteiger partial charge in [-0.15, -0.1) is 11.3 Å². The molecule has 12 heteroatoms. The van der Waals surface area contributed by atoms with Gasteiger partial charge >= 0.3 is 0 Å². The fourth-order valence-electron chi connectivity index (χ4n) is 5.32. The number of fused-ring (bicyclic) bond motifs is 2. The summed E-state index contributed by atoms with van der Waals surface area (Å²) in [6.07, 6.45) is 3.44. The molecule has 216 valence electrons. The summed E-state index contributed by atoms with van der Waals surface area (Å²) < 4.78 is 53.9. The largest absolute Gasteiger partial charge is 0.490 e. The molecule has 2 unspecified atom stereocenters. The Morgan fingerprint density at radius 1 is 1.26 bits per heavy atom. The fraction of sp³-hybridized carbons (Fsp3) is 0.267. The number of amides is 1. The molecule has 8 nitrogen and oxygen atoms in total. The van der Waals surface area contributed by atoms with E-state index in [1.807, 2.05) is 35.3 Å². The van der Waals surface area contributed by atoms with Gasteiger partial charge in [0.1, 0.15) is 41.6 Å². The summed E-state index contributed by atoms with van der Waals surface area (Å²) in [5, 5.41) is 11.8. The molecule has 0 saturated heterocycles. The minimum atomic E-state index is -1.36. The van der Waals surface area contributed by atoms with Crippen LogP contribution in [0.4, 0.5) is 13.2 Å². The van der Waals surface area contributed by atoms with Crippen LogP contribution in [0, 0.1) is 11.6 Å². The minimum Gasteiger partial charge on any atom is -0.490 e. The number of rotatable bonds is 7. The predicted octanol–water partition coefficient (Wildman–Crippen LogP) is 6.33. The van der Waals surface area contributed by atoms with Gasteiger partial charge in [-0.25, -0.2) is 18.2 Å². The van der Waals surface area contributed by atoms with Gasteiger partial charge in [0.05, 0.1) is 35.7 Å². The van der Waals surface area contributed by atoms with Gasteiger partial charge in [-0.05, 0) is 37.4 Å². The maximum atomic E-state index is 15.8. The van der Waals surface area contributed by atoms with Crippen LogP contribution in [0.5, 0.6) is 5.75 Å². The van der Waals surface area contributed by atoms with E-state index in [-0.39, 0.29) is 29.9 Å². The molecule has 6 rings (SSSR count). The van der Waals surface area contributed by atoms with Gasteiger partial charge in [-0.2, -0.15) is 10.2 Å². The maximum Gasteiger partial charge on any atom is 0.246 e. The quantitative estimate of drug-likeness (QED) is 0.207. The standard InChI is InChI=1S/C30H27F3N6O2S/c1-5-25(40)38-12-17(3)39-20(14-38)10-23(36-39)29-27(26-22(33)8-19(32)9-24(26)41-15-16(2)31)30-21(6-7-42-30)28(35-29)18-11-34-37(4)13-18/h5-11,13,16-17H,1,12,14-15H2,2-4H3. The van der Waals surface area contributed by atoms with Crippen molar-refractivity contribution in [1.82, 2.24) is 29.4 Å². The number of halogens is 3. The van der Waals surface area contributed by atoms with Crippen LogP contribution in [0.3, 0.4) is 0 Å². The molecular formula is C30H27F3N6O2S. The molecule has 1 amide bonds. The molecule has 1 aliphatic heterocycles. The van der Waals surface area contributed by atoms with E-state index in [4.69, 9.17) is 14.8 Å². The number of nitrogens with zero attached hydrogens (tertiary/aromatic N) is 6. The van der Waals surface area contributed by atoms with E-state index >= 15 is 4.39 Å². The molecule has 1 aromatic carbocycles. The Balaban J connectivity index is 1.64. The summed E-state index contributed by atoms with van der Waals surface area (Å²) in [7, 11) is 1.80. The predicted molar refractivity (Wildman–Crippen MR) is 155 cm³/mol. The number of carbonyl (C=O) groups is 1. The number of hydrogen-bond acceptors (Lipinski definition) is 6. The first-order chi connectivity index (χ1) is 20.1. The monoisotopic (exact) mass is 592 g/mol. The van der Waals surface area contributed by atoms with E-state index < -0.39 is 17.8 Å². The molecule has 0 radical (unpaired) electrons. The molecule has 0 N–H and O–H groups in total. The van der Waals surface area contributed by atoms with Gasteiger partial charge in [0, 0.05) is 53.1 Å². The normalized spacial score (nSPS) is 15.6. The zero-order valence-corrected chi connectivity index (χ0v) is 24.0. The molecule has 2 atom stereocenters. The molecule has 4 aromatic heterocycles. The van der Waals surface area contributed by atoms with E-state index in [1.165, 1.54) is 24.3 Å². The van der Waals surface area contributed by atoms with Crippen molar-refractivity contribution in [3.05, 3.63) is 72.0 Å². The number of alkyl halides is 1. The lowest BCUT2D eigenvalue weighted by atomic mass is 9.97. The number of aryl methyl sites for hydroxylation is 1. The van der Waals surface area contributed by atoms with Gasteiger partial charge in [0.25, 0.3) is 0 Å². The third kappa shape index (κ3) is 4.85. The van der Waals surface area contributed by atoms with Crippen LogP contribution in [0.15, 0.2) is 54.7 Å².